The van der Waals surface area contributed by atoms with Gasteiger partial charge in [-0.2, -0.15) is 0 Å². The van der Waals surface area contributed by atoms with Crippen LogP contribution in [0.25, 0.3) is 0 Å². The van der Waals surface area contributed by atoms with E-state index >= 15 is 0 Å². The lowest BCUT2D eigenvalue weighted by Crippen LogP contribution is -2.44. The number of carbonyl (C=O) groups excluding carboxylic acids is 1. The third kappa shape index (κ3) is 4.73. The van der Waals surface area contributed by atoms with Crippen molar-refractivity contribution in [2.45, 2.75) is 26.3 Å². The van der Waals surface area contributed by atoms with Gasteiger partial charge in [-0.15, -0.1) is 0 Å². The molecular formula is C13H15Cl2NO3. The molecule has 1 atom stereocenters. The molecule has 6 heteroatoms. The largest absolute Gasteiger partial charge is 0.480 e. The predicted octanol–water partition coefficient (Wildman–Crippen LogP) is 2.76. The van der Waals surface area contributed by atoms with Crippen molar-refractivity contribution in [3.63, 3.8) is 0 Å². The Morgan fingerprint density at radius 3 is 2.37 bits per heavy atom. The fourth-order valence-corrected chi connectivity index (χ4v) is 1.89. The second-order valence-electron chi connectivity index (χ2n) is 4.55. The van der Waals surface area contributed by atoms with E-state index in [-0.39, 0.29) is 18.2 Å². The zero-order valence-corrected chi connectivity index (χ0v) is 12.1. The highest BCUT2D eigenvalue weighted by Gasteiger charge is 2.23. The molecular weight excluding hydrogens is 289 g/mol. The molecule has 0 heterocycles. The number of halogens is 2. The van der Waals surface area contributed by atoms with Crippen molar-refractivity contribution in [1.82, 2.24) is 5.32 Å². The molecule has 0 bridgehead atoms. The third-order valence-corrected chi connectivity index (χ3v) is 3.34. The summed E-state index contributed by atoms with van der Waals surface area (Å²) in [5, 5.41) is 12.2. The summed E-state index contributed by atoms with van der Waals surface area (Å²) in [5.74, 6) is -1.59. The van der Waals surface area contributed by atoms with Gasteiger partial charge in [-0.25, -0.2) is 4.79 Å². The molecule has 0 unspecified atom stereocenters. The number of aliphatic carboxylic acids is 1. The van der Waals surface area contributed by atoms with Gasteiger partial charge in [0, 0.05) is 0 Å². The van der Waals surface area contributed by atoms with E-state index in [0.717, 1.165) is 0 Å². The average Bonchev–Trinajstić information content (AvgIpc) is 2.30. The molecule has 0 aromatic heterocycles. The van der Waals surface area contributed by atoms with Crippen LogP contribution in [-0.2, 0) is 16.0 Å². The van der Waals surface area contributed by atoms with Crippen molar-refractivity contribution in [3.8, 4) is 0 Å². The minimum atomic E-state index is -1.04. The van der Waals surface area contributed by atoms with Crippen molar-refractivity contribution >= 4 is 35.1 Å². The summed E-state index contributed by atoms with van der Waals surface area (Å²) >= 11 is 11.6. The quantitative estimate of drug-likeness (QED) is 0.879. The van der Waals surface area contributed by atoms with Crippen LogP contribution >= 0.6 is 23.2 Å². The van der Waals surface area contributed by atoms with E-state index in [1.807, 2.05) is 0 Å². The van der Waals surface area contributed by atoms with Crippen LogP contribution in [0.15, 0.2) is 18.2 Å². The number of carbonyl (C=O) groups is 2. The summed E-state index contributed by atoms with van der Waals surface area (Å²) in [4.78, 5) is 22.8. The molecule has 0 aliphatic rings. The van der Waals surface area contributed by atoms with Gasteiger partial charge in [0.1, 0.15) is 6.04 Å². The van der Waals surface area contributed by atoms with Gasteiger partial charge < -0.3 is 10.4 Å². The smallest absolute Gasteiger partial charge is 0.326 e. The van der Waals surface area contributed by atoms with E-state index in [2.05, 4.69) is 5.32 Å². The Morgan fingerprint density at radius 2 is 1.89 bits per heavy atom. The van der Waals surface area contributed by atoms with Crippen LogP contribution < -0.4 is 5.32 Å². The van der Waals surface area contributed by atoms with E-state index in [4.69, 9.17) is 28.3 Å². The number of rotatable bonds is 5. The summed E-state index contributed by atoms with van der Waals surface area (Å²) in [6, 6.07) is 3.98. The van der Waals surface area contributed by atoms with E-state index < -0.39 is 12.0 Å². The molecule has 1 amide bonds. The lowest BCUT2D eigenvalue weighted by atomic mass is 10.0. The fraction of sp³-hybridized carbons (Fsp3) is 0.385. The standard InChI is InChI=1S/C13H15Cl2NO3/c1-7(2)12(13(18)19)16-11(17)6-8-3-4-9(14)10(15)5-8/h3-5,7,12H,6H2,1-2H3,(H,16,17)(H,18,19)/t12-/m1/s1. The number of benzene rings is 1. The van der Waals surface area contributed by atoms with Crippen LogP contribution in [-0.4, -0.2) is 23.0 Å². The van der Waals surface area contributed by atoms with Gasteiger partial charge in [-0.05, 0) is 23.6 Å². The third-order valence-electron chi connectivity index (χ3n) is 2.60. The van der Waals surface area contributed by atoms with Gasteiger partial charge in [0.25, 0.3) is 0 Å². The number of amides is 1. The van der Waals surface area contributed by atoms with Crippen LogP contribution in [0.3, 0.4) is 0 Å². The Kier molecular flexibility index (Phi) is 5.63. The maximum Gasteiger partial charge on any atom is 0.326 e. The minimum Gasteiger partial charge on any atom is -0.480 e. The molecule has 4 nitrogen and oxygen atoms in total. The second kappa shape index (κ2) is 6.78. The lowest BCUT2D eigenvalue weighted by Gasteiger charge is -2.17. The maximum absolute atomic E-state index is 11.8. The molecule has 1 aromatic carbocycles. The fourth-order valence-electron chi connectivity index (χ4n) is 1.57. The second-order valence-corrected chi connectivity index (χ2v) is 5.37. The zero-order valence-electron chi connectivity index (χ0n) is 10.6. The molecule has 0 aliphatic heterocycles. The van der Waals surface area contributed by atoms with E-state index in [0.29, 0.717) is 15.6 Å². The Hall–Kier alpha value is -1.26. The topological polar surface area (TPSA) is 66.4 Å². The molecule has 19 heavy (non-hydrogen) atoms. The highest BCUT2D eigenvalue weighted by Crippen LogP contribution is 2.22. The molecule has 0 radical (unpaired) electrons. The Bertz CT molecular complexity index is 489. The highest BCUT2D eigenvalue weighted by atomic mass is 35.5. The number of carboxylic acid groups (broad SMARTS) is 1. The summed E-state index contributed by atoms with van der Waals surface area (Å²) in [6.07, 6.45) is 0.0629. The normalized spacial score (nSPS) is 12.3. The first kappa shape index (κ1) is 15.8. The van der Waals surface area contributed by atoms with Crippen LogP contribution in [0.1, 0.15) is 19.4 Å². The molecule has 1 aromatic rings. The van der Waals surface area contributed by atoms with Crippen LogP contribution in [0.4, 0.5) is 0 Å². The number of hydrogen-bond donors (Lipinski definition) is 2. The molecule has 0 aliphatic carbocycles. The summed E-state index contributed by atoms with van der Waals surface area (Å²) in [7, 11) is 0. The highest BCUT2D eigenvalue weighted by molar-refractivity contribution is 6.42. The summed E-state index contributed by atoms with van der Waals surface area (Å²) in [5.41, 5.74) is 0.680. The van der Waals surface area contributed by atoms with E-state index in [1.165, 1.54) is 0 Å². The van der Waals surface area contributed by atoms with Gasteiger partial charge in [0.05, 0.1) is 16.5 Å². The van der Waals surface area contributed by atoms with Gasteiger partial charge in [0.2, 0.25) is 5.91 Å². The first-order valence-electron chi connectivity index (χ1n) is 5.77. The van der Waals surface area contributed by atoms with Crippen molar-refractivity contribution in [2.24, 2.45) is 5.92 Å². The minimum absolute atomic E-state index is 0.0629. The SMILES string of the molecule is CC(C)[C@@H](NC(=O)Cc1ccc(Cl)c(Cl)c1)C(=O)O. The van der Waals surface area contributed by atoms with Gasteiger partial charge >= 0.3 is 5.97 Å². The molecule has 0 saturated carbocycles. The number of hydrogen-bond acceptors (Lipinski definition) is 2. The Labute approximate surface area is 121 Å². The van der Waals surface area contributed by atoms with Crippen molar-refractivity contribution in [2.75, 3.05) is 0 Å². The summed E-state index contributed by atoms with van der Waals surface area (Å²) in [6.45, 7) is 3.47. The van der Waals surface area contributed by atoms with Crippen LogP contribution in [0, 0.1) is 5.92 Å². The van der Waals surface area contributed by atoms with Crippen molar-refractivity contribution in [1.29, 1.82) is 0 Å². The number of nitrogens with one attached hydrogen (secondary N) is 1. The van der Waals surface area contributed by atoms with Gasteiger partial charge in [0.15, 0.2) is 0 Å². The Morgan fingerprint density at radius 1 is 1.26 bits per heavy atom. The molecule has 0 spiro atoms. The number of carboxylic acids is 1. The molecule has 0 saturated heterocycles. The molecule has 0 fully saturated rings. The molecule has 104 valence electrons. The Balaban J connectivity index is 2.69. The van der Waals surface area contributed by atoms with Gasteiger partial charge in [-0.1, -0.05) is 43.1 Å². The summed E-state index contributed by atoms with van der Waals surface area (Å²) < 4.78 is 0. The lowest BCUT2D eigenvalue weighted by molar-refractivity contribution is -0.143. The van der Waals surface area contributed by atoms with E-state index in [9.17, 15) is 9.59 Å². The molecule has 1 rings (SSSR count). The molecule has 2 N–H and O–H groups in total. The van der Waals surface area contributed by atoms with Crippen LogP contribution in [0.5, 0.6) is 0 Å². The van der Waals surface area contributed by atoms with Crippen molar-refractivity contribution in [3.05, 3.63) is 33.8 Å². The van der Waals surface area contributed by atoms with E-state index in [1.54, 1.807) is 32.0 Å². The van der Waals surface area contributed by atoms with Crippen LogP contribution in [0.2, 0.25) is 10.0 Å². The van der Waals surface area contributed by atoms with Crippen molar-refractivity contribution < 1.29 is 14.7 Å². The maximum atomic E-state index is 11.8. The zero-order chi connectivity index (χ0) is 14.6. The predicted molar refractivity (Wildman–Crippen MR) is 74.6 cm³/mol. The monoisotopic (exact) mass is 303 g/mol. The average molecular weight is 304 g/mol. The first-order valence-corrected chi connectivity index (χ1v) is 6.53. The van der Waals surface area contributed by atoms with Gasteiger partial charge in [-0.3, -0.25) is 4.79 Å². The first-order chi connectivity index (χ1) is 8.81.